The van der Waals surface area contributed by atoms with Crippen LogP contribution in [0, 0.1) is 5.92 Å². The number of nitrogens with one attached hydrogen (secondary N) is 1. The summed E-state index contributed by atoms with van der Waals surface area (Å²) in [5.74, 6) is 6.68. The molecule has 0 aliphatic heterocycles. The van der Waals surface area contributed by atoms with Crippen molar-refractivity contribution in [1.29, 1.82) is 0 Å². The third-order valence-electron chi connectivity index (χ3n) is 4.60. The molecule has 2 nitrogen and oxygen atoms in total. The van der Waals surface area contributed by atoms with Crippen LogP contribution in [0.5, 0.6) is 0 Å². The molecular weight excluding hydrogens is 240 g/mol. The van der Waals surface area contributed by atoms with Gasteiger partial charge in [0, 0.05) is 9.75 Å². The average molecular weight is 264 g/mol. The zero-order valence-corrected chi connectivity index (χ0v) is 11.9. The van der Waals surface area contributed by atoms with E-state index in [2.05, 4.69) is 11.5 Å². The molecule has 1 saturated carbocycles. The Bertz CT molecular complexity index is 372. The van der Waals surface area contributed by atoms with E-state index in [9.17, 15) is 0 Å². The van der Waals surface area contributed by atoms with Crippen molar-refractivity contribution in [2.24, 2.45) is 11.8 Å². The highest BCUT2D eigenvalue weighted by molar-refractivity contribution is 7.12. The van der Waals surface area contributed by atoms with Gasteiger partial charge in [0.15, 0.2) is 0 Å². The van der Waals surface area contributed by atoms with Gasteiger partial charge in [-0.25, -0.2) is 0 Å². The minimum absolute atomic E-state index is 0.392. The molecule has 1 aromatic heterocycles. The number of aryl methyl sites for hydroxylation is 2. The van der Waals surface area contributed by atoms with E-state index >= 15 is 0 Å². The predicted molar refractivity (Wildman–Crippen MR) is 77.6 cm³/mol. The van der Waals surface area contributed by atoms with Crippen LogP contribution in [0.1, 0.15) is 66.3 Å². The van der Waals surface area contributed by atoms with Gasteiger partial charge >= 0.3 is 0 Å². The van der Waals surface area contributed by atoms with Gasteiger partial charge in [0.05, 0.1) is 6.04 Å². The summed E-state index contributed by atoms with van der Waals surface area (Å²) in [6.45, 7) is 0. The molecular formula is C15H24N2S. The molecule has 0 bridgehead atoms. The summed E-state index contributed by atoms with van der Waals surface area (Å²) >= 11 is 2.00. The first-order chi connectivity index (χ1) is 8.86. The van der Waals surface area contributed by atoms with Gasteiger partial charge in [-0.15, -0.1) is 11.3 Å². The topological polar surface area (TPSA) is 38.0 Å². The highest BCUT2D eigenvalue weighted by Crippen LogP contribution is 2.37. The molecule has 18 heavy (non-hydrogen) atoms. The van der Waals surface area contributed by atoms with Crippen molar-refractivity contribution in [2.75, 3.05) is 0 Å². The van der Waals surface area contributed by atoms with Crippen LogP contribution in [0.25, 0.3) is 0 Å². The summed E-state index contributed by atoms with van der Waals surface area (Å²) < 4.78 is 0. The second-order valence-electron chi connectivity index (χ2n) is 5.91. The van der Waals surface area contributed by atoms with E-state index in [0.29, 0.717) is 6.04 Å². The molecule has 100 valence electrons. The summed E-state index contributed by atoms with van der Waals surface area (Å²) in [6, 6.07) is 2.81. The highest BCUT2D eigenvalue weighted by atomic mass is 32.1. The first-order valence-electron chi connectivity index (χ1n) is 7.44. The third kappa shape index (κ3) is 2.63. The van der Waals surface area contributed by atoms with Crippen LogP contribution in [0.2, 0.25) is 0 Å². The van der Waals surface area contributed by atoms with E-state index in [1.807, 2.05) is 11.3 Å². The van der Waals surface area contributed by atoms with Gasteiger partial charge in [-0.3, -0.25) is 11.3 Å². The standard InChI is InChI=1S/C15H24N2S/c16-17-13(9-11-5-2-1-3-6-11)15-10-12-7-4-8-14(12)18-15/h10-11,13,17H,1-9,16H2. The second-order valence-corrected chi connectivity index (χ2v) is 7.08. The fourth-order valence-corrected chi connectivity index (χ4v) is 4.88. The Hall–Kier alpha value is -0.380. The minimum Gasteiger partial charge on any atom is -0.271 e. The molecule has 2 aliphatic rings. The largest absolute Gasteiger partial charge is 0.271 e. The summed E-state index contributed by atoms with van der Waals surface area (Å²) in [5.41, 5.74) is 4.66. The van der Waals surface area contributed by atoms with Crippen molar-refractivity contribution in [1.82, 2.24) is 5.43 Å². The van der Waals surface area contributed by atoms with E-state index in [4.69, 9.17) is 5.84 Å². The number of fused-ring (bicyclic) bond motifs is 1. The van der Waals surface area contributed by atoms with Crippen LogP contribution >= 0.6 is 11.3 Å². The van der Waals surface area contributed by atoms with Crippen molar-refractivity contribution >= 4 is 11.3 Å². The Labute approximate surface area is 114 Å². The van der Waals surface area contributed by atoms with Crippen LogP contribution in [-0.2, 0) is 12.8 Å². The normalized spacial score (nSPS) is 22.1. The van der Waals surface area contributed by atoms with Crippen LogP contribution in [0.15, 0.2) is 6.07 Å². The maximum atomic E-state index is 5.80. The predicted octanol–water partition coefficient (Wildman–Crippen LogP) is 3.71. The summed E-state index contributed by atoms with van der Waals surface area (Å²) in [5, 5.41) is 0. The zero-order chi connectivity index (χ0) is 12.4. The monoisotopic (exact) mass is 264 g/mol. The summed E-state index contributed by atoms with van der Waals surface area (Å²) in [7, 11) is 0. The van der Waals surface area contributed by atoms with Gasteiger partial charge in [0.1, 0.15) is 0 Å². The van der Waals surface area contributed by atoms with Crippen molar-refractivity contribution < 1.29 is 0 Å². The molecule has 0 amide bonds. The Morgan fingerprint density at radius 2 is 2.06 bits per heavy atom. The maximum absolute atomic E-state index is 5.80. The Morgan fingerprint density at radius 1 is 1.22 bits per heavy atom. The first-order valence-corrected chi connectivity index (χ1v) is 8.26. The van der Waals surface area contributed by atoms with Gasteiger partial charge in [0.2, 0.25) is 0 Å². The lowest BCUT2D eigenvalue weighted by atomic mass is 9.84. The summed E-state index contributed by atoms with van der Waals surface area (Å²) in [4.78, 5) is 3.10. The Kier molecular flexibility index (Phi) is 4.02. The smallest absolute Gasteiger partial charge is 0.0556 e. The molecule has 1 unspecified atom stereocenters. The average Bonchev–Trinajstić information content (AvgIpc) is 2.98. The van der Waals surface area contributed by atoms with E-state index in [0.717, 1.165) is 5.92 Å². The van der Waals surface area contributed by atoms with Gasteiger partial charge in [-0.2, -0.15) is 0 Å². The van der Waals surface area contributed by atoms with Crippen LogP contribution in [0.4, 0.5) is 0 Å². The Morgan fingerprint density at radius 3 is 2.78 bits per heavy atom. The Balaban J connectivity index is 1.67. The van der Waals surface area contributed by atoms with Crippen molar-refractivity contribution in [3.8, 4) is 0 Å². The SMILES string of the molecule is NNC(CC1CCCCC1)c1cc2c(s1)CCC2. The van der Waals surface area contributed by atoms with Gasteiger partial charge in [0.25, 0.3) is 0 Å². The number of rotatable bonds is 4. The third-order valence-corrected chi connectivity index (χ3v) is 5.95. The van der Waals surface area contributed by atoms with Crippen molar-refractivity contribution in [3.05, 3.63) is 21.4 Å². The minimum atomic E-state index is 0.392. The lowest BCUT2D eigenvalue weighted by molar-refractivity contribution is 0.302. The van der Waals surface area contributed by atoms with Crippen molar-refractivity contribution in [3.63, 3.8) is 0 Å². The van der Waals surface area contributed by atoms with Crippen LogP contribution in [-0.4, -0.2) is 0 Å². The van der Waals surface area contributed by atoms with E-state index < -0.39 is 0 Å². The number of hydrogen-bond donors (Lipinski definition) is 2. The molecule has 3 N–H and O–H groups in total. The van der Waals surface area contributed by atoms with Gasteiger partial charge in [-0.1, -0.05) is 32.1 Å². The number of hydrazine groups is 1. The second kappa shape index (κ2) is 5.72. The van der Waals surface area contributed by atoms with Gasteiger partial charge < -0.3 is 0 Å². The molecule has 3 rings (SSSR count). The number of thiophene rings is 1. The fourth-order valence-electron chi connectivity index (χ4n) is 3.55. The number of nitrogens with two attached hydrogens (primary N) is 1. The van der Waals surface area contributed by atoms with Crippen molar-refractivity contribution in [2.45, 2.75) is 63.8 Å². The highest BCUT2D eigenvalue weighted by Gasteiger charge is 2.23. The fraction of sp³-hybridized carbons (Fsp3) is 0.733. The maximum Gasteiger partial charge on any atom is 0.0556 e. The molecule has 2 aliphatic carbocycles. The molecule has 1 heterocycles. The lowest BCUT2D eigenvalue weighted by Gasteiger charge is -2.25. The van der Waals surface area contributed by atoms with E-state index in [1.165, 1.54) is 62.7 Å². The molecule has 0 spiro atoms. The first kappa shape index (κ1) is 12.6. The van der Waals surface area contributed by atoms with Crippen LogP contribution in [0.3, 0.4) is 0 Å². The van der Waals surface area contributed by atoms with Crippen LogP contribution < -0.4 is 11.3 Å². The lowest BCUT2D eigenvalue weighted by Crippen LogP contribution is -2.29. The molecule has 0 radical (unpaired) electrons. The quantitative estimate of drug-likeness (QED) is 0.642. The van der Waals surface area contributed by atoms with E-state index in [-0.39, 0.29) is 0 Å². The molecule has 1 fully saturated rings. The molecule has 1 aromatic rings. The molecule has 0 aromatic carbocycles. The molecule has 0 saturated heterocycles. The van der Waals surface area contributed by atoms with E-state index in [1.54, 1.807) is 10.4 Å². The summed E-state index contributed by atoms with van der Waals surface area (Å²) in [6.07, 6.45) is 12.2. The van der Waals surface area contributed by atoms with Gasteiger partial charge in [-0.05, 0) is 43.2 Å². The number of hydrogen-bond acceptors (Lipinski definition) is 3. The molecule has 3 heteroatoms. The molecule has 1 atom stereocenters. The zero-order valence-electron chi connectivity index (χ0n) is 11.1.